The van der Waals surface area contributed by atoms with E-state index in [1.54, 1.807) is 31.3 Å². The molecule has 0 saturated carbocycles. The van der Waals surface area contributed by atoms with Crippen molar-refractivity contribution in [3.05, 3.63) is 50.8 Å². The number of carbonyl (C=O) groups excluding carboxylic acids is 2. The molecule has 2 aromatic rings. The fourth-order valence-corrected chi connectivity index (χ4v) is 2.83. The molecular formula is C17H19N5O5. The first-order chi connectivity index (χ1) is 12.9. The summed E-state index contributed by atoms with van der Waals surface area (Å²) in [6, 6.07) is 7.05. The predicted octanol–water partition coefficient (Wildman–Crippen LogP) is 1.68. The molecule has 0 radical (unpaired) electrons. The Balaban J connectivity index is 2.56. The number of aromatic nitrogens is 2. The number of esters is 2. The second kappa shape index (κ2) is 8.81. The van der Waals surface area contributed by atoms with Crippen LogP contribution in [0.3, 0.4) is 0 Å². The number of carbonyl (C=O) groups is 2. The van der Waals surface area contributed by atoms with Crippen LogP contribution in [0.15, 0.2) is 34.2 Å². The minimum absolute atomic E-state index is 0.0985. The Morgan fingerprint density at radius 3 is 2.48 bits per heavy atom. The van der Waals surface area contributed by atoms with E-state index in [-0.39, 0.29) is 18.7 Å². The van der Waals surface area contributed by atoms with Crippen molar-refractivity contribution in [1.82, 2.24) is 9.55 Å². The highest BCUT2D eigenvalue weighted by Crippen LogP contribution is 2.24. The van der Waals surface area contributed by atoms with Crippen LogP contribution in [0, 0.1) is 5.92 Å². The number of hydrogen-bond acceptors (Lipinski definition) is 7. The minimum atomic E-state index is -1.27. The van der Waals surface area contributed by atoms with Crippen molar-refractivity contribution < 1.29 is 19.1 Å². The summed E-state index contributed by atoms with van der Waals surface area (Å²) in [7, 11) is 3.89. The van der Waals surface area contributed by atoms with Crippen LogP contribution in [0.4, 0.5) is 0 Å². The number of para-hydroxylation sites is 2. The van der Waals surface area contributed by atoms with E-state index < -0.39 is 29.3 Å². The van der Waals surface area contributed by atoms with Gasteiger partial charge in [-0.1, -0.05) is 17.2 Å². The topological polar surface area (TPSA) is 136 Å². The third kappa shape index (κ3) is 4.24. The van der Waals surface area contributed by atoms with E-state index in [2.05, 4.69) is 24.5 Å². The van der Waals surface area contributed by atoms with Gasteiger partial charge in [0.1, 0.15) is 5.69 Å². The van der Waals surface area contributed by atoms with Crippen molar-refractivity contribution in [3.63, 3.8) is 0 Å². The van der Waals surface area contributed by atoms with Crippen molar-refractivity contribution in [2.75, 3.05) is 20.8 Å². The summed E-state index contributed by atoms with van der Waals surface area (Å²) in [6.45, 7) is -0.151. The summed E-state index contributed by atoms with van der Waals surface area (Å²) >= 11 is 0. The third-order valence-electron chi connectivity index (χ3n) is 4.25. The zero-order valence-corrected chi connectivity index (χ0v) is 15.2. The highest BCUT2D eigenvalue weighted by Gasteiger charge is 2.33. The van der Waals surface area contributed by atoms with Crippen LogP contribution in [-0.4, -0.2) is 42.3 Å². The second-order valence-corrected chi connectivity index (χ2v) is 5.79. The van der Waals surface area contributed by atoms with E-state index in [0.717, 1.165) is 14.2 Å². The van der Waals surface area contributed by atoms with E-state index in [0.29, 0.717) is 11.0 Å². The van der Waals surface area contributed by atoms with Crippen LogP contribution in [0.2, 0.25) is 0 Å². The summed E-state index contributed by atoms with van der Waals surface area (Å²) in [6.07, 6.45) is -0.140. The number of methoxy groups -OCH3 is 2. The Morgan fingerprint density at radius 1 is 1.26 bits per heavy atom. The maximum absolute atomic E-state index is 12.8. The zero-order chi connectivity index (χ0) is 20.0. The van der Waals surface area contributed by atoms with Gasteiger partial charge in [-0.2, -0.15) is 0 Å². The van der Waals surface area contributed by atoms with Gasteiger partial charge in [0.2, 0.25) is 0 Å². The fourth-order valence-electron chi connectivity index (χ4n) is 2.83. The highest BCUT2D eigenvalue weighted by molar-refractivity contribution is 5.94. The van der Waals surface area contributed by atoms with Crippen LogP contribution in [0.5, 0.6) is 0 Å². The third-order valence-corrected chi connectivity index (χ3v) is 4.25. The number of nitrogens with zero attached hydrogens (tertiary/aromatic N) is 5. The van der Waals surface area contributed by atoms with Gasteiger partial charge >= 0.3 is 11.9 Å². The van der Waals surface area contributed by atoms with Gasteiger partial charge in [0.05, 0.1) is 25.3 Å². The minimum Gasteiger partial charge on any atom is -0.468 e. The van der Waals surface area contributed by atoms with Gasteiger partial charge in [-0.05, 0) is 24.1 Å². The second-order valence-electron chi connectivity index (χ2n) is 5.79. The van der Waals surface area contributed by atoms with Gasteiger partial charge in [0, 0.05) is 24.4 Å². The molecule has 0 amide bonds. The predicted molar refractivity (Wildman–Crippen MR) is 95.9 cm³/mol. The Kier molecular flexibility index (Phi) is 6.51. The van der Waals surface area contributed by atoms with Crippen molar-refractivity contribution in [2.45, 2.75) is 12.3 Å². The van der Waals surface area contributed by atoms with Gasteiger partial charge in [-0.3, -0.25) is 14.4 Å². The summed E-state index contributed by atoms with van der Waals surface area (Å²) in [5.74, 6) is -3.64. The van der Waals surface area contributed by atoms with Crippen LogP contribution in [-0.2, 0) is 26.1 Å². The van der Waals surface area contributed by atoms with E-state index >= 15 is 0 Å². The zero-order valence-electron chi connectivity index (χ0n) is 15.2. The number of azide groups is 1. The molecule has 0 saturated heterocycles. The van der Waals surface area contributed by atoms with Crippen molar-refractivity contribution in [2.24, 2.45) is 18.1 Å². The Bertz CT molecular complexity index is 948. The summed E-state index contributed by atoms with van der Waals surface area (Å²) in [5.41, 5.74) is 9.56. The van der Waals surface area contributed by atoms with Gasteiger partial charge in [0.25, 0.3) is 5.56 Å². The van der Waals surface area contributed by atoms with E-state index in [4.69, 9.17) is 5.53 Å². The normalized spacial score (nSPS) is 11.7. The Labute approximate surface area is 154 Å². The standard InChI is InChI=1S/C17H19N5O5/c1-22-13-7-5-4-6-12(13)20-14(15(22)23)10(9-19-21-18)8-11(16(24)26-2)17(25)27-3/h4-7,10-11H,8-9H2,1-3H3/t10-/m1/s1. The van der Waals surface area contributed by atoms with Crippen LogP contribution < -0.4 is 5.56 Å². The lowest BCUT2D eigenvalue weighted by molar-refractivity contribution is -0.159. The average molecular weight is 373 g/mol. The lowest BCUT2D eigenvalue weighted by Crippen LogP contribution is -2.32. The molecule has 0 aliphatic carbocycles. The SMILES string of the molecule is COC(=O)C(C[C@H](CN=[N+]=[N-])c1nc2ccccc2n(C)c1=O)C(=O)OC. The number of ether oxygens (including phenoxy) is 2. The van der Waals surface area contributed by atoms with Crippen molar-refractivity contribution in [1.29, 1.82) is 0 Å². The number of fused-ring (bicyclic) bond motifs is 1. The maximum atomic E-state index is 12.8. The van der Waals surface area contributed by atoms with E-state index in [9.17, 15) is 14.4 Å². The molecular weight excluding hydrogens is 354 g/mol. The molecule has 0 unspecified atom stereocenters. The highest BCUT2D eigenvalue weighted by atomic mass is 16.5. The molecule has 1 atom stereocenters. The molecule has 0 aliphatic rings. The molecule has 0 spiro atoms. The first-order valence-electron chi connectivity index (χ1n) is 8.06. The van der Waals surface area contributed by atoms with Gasteiger partial charge in [-0.25, -0.2) is 4.98 Å². The summed E-state index contributed by atoms with van der Waals surface area (Å²) in [5, 5.41) is 3.51. The lowest BCUT2D eigenvalue weighted by atomic mass is 9.91. The quantitative estimate of drug-likeness (QED) is 0.238. The summed E-state index contributed by atoms with van der Waals surface area (Å²) in [4.78, 5) is 43.9. The monoisotopic (exact) mass is 373 g/mol. The first kappa shape index (κ1) is 19.9. The van der Waals surface area contributed by atoms with Crippen LogP contribution >= 0.6 is 0 Å². The maximum Gasteiger partial charge on any atom is 0.320 e. The Hall–Kier alpha value is -3.39. The largest absolute Gasteiger partial charge is 0.468 e. The number of rotatable bonds is 7. The van der Waals surface area contributed by atoms with E-state index in [1.807, 2.05) is 0 Å². The molecule has 0 bridgehead atoms. The Morgan fingerprint density at radius 2 is 1.89 bits per heavy atom. The summed E-state index contributed by atoms with van der Waals surface area (Å²) < 4.78 is 10.7. The van der Waals surface area contributed by atoms with Crippen molar-refractivity contribution in [3.8, 4) is 0 Å². The average Bonchev–Trinajstić information content (AvgIpc) is 2.70. The molecule has 0 fully saturated rings. The molecule has 2 rings (SSSR count). The molecule has 0 aliphatic heterocycles. The molecule has 10 nitrogen and oxygen atoms in total. The van der Waals surface area contributed by atoms with Crippen molar-refractivity contribution >= 4 is 23.0 Å². The fraction of sp³-hybridized carbons (Fsp3) is 0.412. The number of aryl methyl sites for hydroxylation is 1. The molecule has 1 heterocycles. The molecule has 10 heteroatoms. The van der Waals surface area contributed by atoms with Crippen LogP contribution in [0.1, 0.15) is 18.0 Å². The first-order valence-corrected chi connectivity index (χ1v) is 8.06. The smallest absolute Gasteiger partial charge is 0.320 e. The van der Waals surface area contributed by atoms with Crippen LogP contribution in [0.25, 0.3) is 21.5 Å². The van der Waals surface area contributed by atoms with Gasteiger partial charge < -0.3 is 14.0 Å². The van der Waals surface area contributed by atoms with Gasteiger partial charge in [0.15, 0.2) is 5.92 Å². The molecule has 0 N–H and O–H groups in total. The van der Waals surface area contributed by atoms with Gasteiger partial charge in [-0.15, -0.1) is 0 Å². The van der Waals surface area contributed by atoms with E-state index in [1.165, 1.54) is 4.57 Å². The lowest BCUT2D eigenvalue weighted by Gasteiger charge is -2.19. The molecule has 1 aromatic heterocycles. The number of hydrogen-bond donors (Lipinski definition) is 0. The molecule has 142 valence electrons. The molecule has 1 aromatic carbocycles. The molecule has 27 heavy (non-hydrogen) atoms. The number of benzene rings is 1.